The molecule has 0 saturated carbocycles. The van der Waals surface area contributed by atoms with Gasteiger partial charge in [-0.1, -0.05) is 13.8 Å². The van der Waals surface area contributed by atoms with Gasteiger partial charge < -0.3 is 15.7 Å². The van der Waals surface area contributed by atoms with Crippen molar-refractivity contribution < 1.29 is 19.1 Å². The fourth-order valence-corrected chi connectivity index (χ4v) is 1.74. The van der Waals surface area contributed by atoms with Gasteiger partial charge in [0.2, 0.25) is 5.91 Å². The van der Waals surface area contributed by atoms with E-state index in [0.29, 0.717) is 0 Å². The maximum absolute atomic E-state index is 12.8. The Balaban J connectivity index is 2.76. The van der Waals surface area contributed by atoms with Crippen molar-refractivity contribution in [3.8, 4) is 0 Å². The molecule has 1 rings (SSSR count). The number of hydrogen-bond acceptors (Lipinski definition) is 3. The highest BCUT2D eigenvalue weighted by molar-refractivity contribution is 5.97. The summed E-state index contributed by atoms with van der Waals surface area (Å²) in [4.78, 5) is 24.1. The van der Waals surface area contributed by atoms with Crippen LogP contribution >= 0.6 is 0 Å². The molecule has 0 radical (unpaired) electrons. The summed E-state index contributed by atoms with van der Waals surface area (Å²) in [5.41, 5.74) is 0.282. The number of halogens is 1. The second-order valence-corrected chi connectivity index (χ2v) is 5.29. The van der Waals surface area contributed by atoms with E-state index in [0.717, 1.165) is 0 Å². The second kappa shape index (κ2) is 7.73. The minimum atomic E-state index is -0.725. The van der Waals surface area contributed by atoms with Gasteiger partial charge in [0.15, 0.2) is 0 Å². The zero-order valence-corrected chi connectivity index (χ0v) is 12.4. The molecule has 116 valence electrons. The van der Waals surface area contributed by atoms with Crippen LogP contribution in [0, 0.1) is 11.7 Å². The lowest BCUT2D eigenvalue weighted by Gasteiger charge is -2.23. The average Bonchev–Trinajstić information content (AvgIpc) is 2.44. The van der Waals surface area contributed by atoms with Gasteiger partial charge in [-0.05, 0) is 37.1 Å². The van der Waals surface area contributed by atoms with Gasteiger partial charge in [-0.3, -0.25) is 9.59 Å². The first-order valence-corrected chi connectivity index (χ1v) is 6.82. The molecule has 0 saturated heterocycles. The molecular weight excluding hydrogens is 275 g/mol. The van der Waals surface area contributed by atoms with E-state index < -0.39 is 17.8 Å². The largest absolute Gasteiger partial charge is 0.394 e. The standard InChI is InChI=1S/C15H21FN2O3/c1-9(2)13(15(21)17-10(3)8-19)18-14(20)11-4-6-12(16)7-5-11/h4-7,9-10,13,19H,8H2,1-3H3,(H,17,21)(H,18,20). The normalized spacial score (nSPS) is 13.6. The van der Waals surface area contributed by atoms with E-state index in [4.69, 9.17) is 5.11 Å². The summed E-state index contributed by atoms with van der Waals surface area (Å²) in [6.07, 6.45) is 0. The number of amides is 2. The van der Waals surface area contributed by atoms with Crippen LogP contribution < -0.4 is 10.6 Å². The van der Waals surface area contributed by atoms with Gasteiger partial charge in [0.25, 0.3) is 5.91 Å². The van der Waals surface area contributed by atoms with Crippen molar-refractivity contribution in [1.29, 1.82) is 0 Å². The highest BCUT2D eigenvalue weighted by Gasteiger charge is 2.25. The second-order valence-electron chi connectivity index (χ2n) is 5.29. The third-order valence-corrected chi connectivity index (χ3v) is 3.00. The maximum Gasteiger partial charge on any atom is 0.251 e. The molecule has 3 N–H and O–H groups in total. The zero-order valence-electron chi connectivity index (χ0n) is 12.4. The Morgan fingerprint density at radius 1 is 1.14 bits per heavy atom. The van der Waals surface area contributed by atoms with E-state index >= 15 is 0 Å². The Labute approximate surface area is 123 Å². The Kier molecular flexibility index (Phi) is 6.30. The number of aliphatic hydroxyl groups is 1. The summed E-state index contributed by atoms with van der Waals surface area (Å²) in [5, 5.41) is 14.2. The highest BCUT2D eigenvalue weighted by atomic mass is 19.1. The summed E-state index contributed by atoms with van der Waals surface area (Å²) < 4.78 is 12.8. The van der Waals surface area contributed by atoms with E-state index in [2.05, 4.69) is 10.6 Å². The summed E-state index contributed by atoms with van der Waals surface area (Å²) >= 11 is 0. The van der Waals surface area contributed by atoms with Crippen LogP contribution in [-0.4, -0.2) is 35.6 Å². The number of benzene rings is 1. The van der Waals surface area contributed by atoms with Crippen molar-refractivity contribution >= 4 is 11.8 Å². The Morgan fingerprint density at radius 3 is 2.19 bits per heavy atom. The summed E-state index contributed by atoms with van der Waals surface area (Å²) in [6.45, 7) is 5.09. The molecule has 1 aromatic carbocycles. The lowest BCUT2D eigenvalue weighted by atomic mass is 10.0. The lowest BCUT2D eigenvalue weighted by Crippen LogP contribution is -2.52. The third kappa shape index (κ3) is 5.15. The van der Waals surface area contributed by atoms with E-state index in [1.165, 1.54) is 24.3 Å². The van der Waals surface area contributed by atoms with Crippen LogP contribution in [0.25, 0.3) is 0 Å². The molecule has 1 aromatic rings. The molecule has 0 spiro atoms. The van der Waals surface area contributed by atoms with Crippen molar-refractivity contribution in [3.05, 3.63) is 35.6 Å². The molecule has 6 heteroatoms. The first-order valence-electron chi connectivity index (χ1n) is 6.82. The number of rotatable bonds is 6. The van der Waals surface area contributed by atoms with Gasteiger partial charge in [-0.25, -0.2) is 4.39 Å². The lowest BCUT2D eigenvalue weighted by molar-refractivity contribution is -0.124. The predicted octanol–water partition coefficient (Wildman–Crippen LogP) is 1.08. The Morgan fingerprint density at radius 2 is 1.71 bits per heavy atom. The van der Waals surface area contributed by atoms with Crippen molar-refractivity contribution in [3.63, 3.8) is 0 Å². The fraction of sp³-hybridized carbons (Fsp3) is 0.467. The first kappa shape index (κ1) is 17.1. The number of hydrogen-bond donors (Lipinski definition) is 3. The molecule has 5 nitrogen and oxygen atoms in total. The fourth-order valence-electron chi connectivity index (χ4n) is 1.74. The van der Waals surface area contributed by atoms with Gasteiger partial charge in [0.05, 0.1) is 6.61 Å². The van der Waals surface area contributed by atoms with Gasteiger partial charge in [-0.2, -0.15) is 0 Å². The predicted molar refractivity (Wildman–Crippen MR) is 77.2 cm³/mol. The van der Waals surface area contributed by atoms with Crippen molar-refractivity contribution in [2.75, 3.05) is 6.61 Å². The molecule has 0 heterocycles. The summed E-state index contributed by atoms with van der Waals surface area (Å²) in [5.74, 6) is -1.36. The van der Waals surface area contributed by atoms with Crippen molar-refractivity contribution in [1.82, 2.24) is 10.6 Å². The van der Waals surface area contributed by atoms with Gasteiger partial charge in [0, 0.05) is 11.6 Å². The molecule has 0 bridgehead atoms. The van der Waals surface area contributed by atoms with Crippen LogP contribution in [0.2, 0.25) is 0 Å². The van der Waals surface area contributed by atoms with Crippen LogP contribution in [-0.2, 0) is 4.79 Å². The minimum Gasteiger partial charge on any atom is -0.394 e. The SMILES string of the molecule is CC(CO)NC(=O)C(NC(=O)c1ccc(F)cc1)C(C)C. The molecule has 0 aliphatic carbocycles. The quantitative estimate of drug-likeness (QED) is 0.735. The molecule has 0 aromatic heterocycles. The zero-order chi connectivity index (χ0) is 16.0. The Hall–Kier alpha value is -1.95. The number of carbonyl (C=O) groups is 2. The number of carbonyl (C=O) groups excluding carboxylic acids is 2. The topological polar surface area (TPSA) is 78.4 Å². The van der Waals surface area contributed by atoms with Crippen LogP contribution in [0.5, 0.6) is 0 Å². The molecule has 2 atom stereocenters. The van der Waals surface area contributed by atoms with Gasteiger partial charge >= 0.3 is 0 Å². The molecule has 0 aliphatic rings. The van der Waals surface area contributed by atoms with Crippen LogP contribution in [0.3, 0.4) is 0 Å². The van der Waals surface area contributed by atoms with Crippen LogP contribution in [0.1, 0.15) is 31.1 Å². The average molecular weight is 296 g/mol. The summed E-state index contributed by atoms with van der Waals surface area (Å²) in [6, 6.07) is 3.98. The smallest absolute Gasteiger partial charge is 0.251 e. The van der Waals surface area contributed by atoms with E-state index in [1.807, 2.05) is 0 Å². The van der Waals surface area contributed by atoms with Crippen molar-refractivity contribution in [2.45, 2.75) is 32.9 Å². The first-order chi connectivity index (χ1) is 9.85. The minimum absolute atomic E-state index is 0.125. The maximum atomic E-state index is 12.8. The van der Waals surface area contributed by atoms with Crippen LogP contribution in [0.15, 0.2) is 24.3 Å². The molecular formula is C15H21FN2O3. The van der Waals surface area contributed by atoms with Gasteiger partial charge in [-0.15, -0.1) is 0 Å². The van der Waals surface area contributed by atoms with E-state index in [-0.39, 0.29) is 30.0 Å². The van der Waals surface area contributed by atoms with Crippen LogP contribution in [0.4, 0.5) is 4.39 Å². The highest BCUT2D eigenvalue weighted by Crippen LogP contribution is 2.07. The number of aliphatic hydroxyl groups excluding tert-OH is 1. The third-order valence-electron chi connectivity index (χ3n) is 3.00. The molecule has 0 fully saturated rings. The molecule has 0 aliphatic heterocycles. The Bertz CT molecular complexity index is 488. The van der Waals surface area contributed by atoms with E-state index in [9.17, 15) is 14.0 Å². The van der Waals surface area contributed by atoms with E-state index in [1.54, 1.807) is 20.8 Å². The molecule has 21 heavy (non-hydrogen) atoms. The summed E-state index contributed by atoms with van der Waals surface area (Å²) in [7, 11) is 0. The molecule has 2 unspecified atom stereocenters. The van der Waals surface area contributed by atoms with Crippen molar-refractivity contribution in [2.24, 2.45) is 5.92 Å². The van der Waals surface area contributed by atoms with Gasteiger partial charge in [0.1, 0.15) is 11.9 Å². The molecule has 2 amide bonds. The number of nitrogens with one attached hydrogen (secondary N) is 2. The monoisotopic (exact) mass is 296 g/mol.